The molecule has 0 saturated heterocycles. The number of benzene rings is 1. The Morgan fingerprint density at radius 2 is 2.10 bits per heavy atom. The van der Waals surface area contributed by atoms with Crippen LogP contribution in [-0.2, 0) is 12.8 Å². The number of hydrogen-bond acceptors (Lipinski definition) is 4. The Labute approximate surface area is 128 Å². The Hall–Kier alpha value is -1.10. The summed E-state index contributed by atoms with van der Waals surface area (Å²) in [4.78, 5) is 4.37. The maximum absolute atomic E-state index is 5.98. The number of rotatable bonds is 6. The van der Waals surface area contributed by atoms with E-state index in [2.05, 4.69) is 17.1 Å². The molecule has 0 aliphatic carbocycles. The van der Waals surface area contributed by atoms with Crippen molar-refractivity contribution in [2.24, 2.45) is 11.7 Å². The second-order valence-electron chi connectivity index (χ2n) is 4.91. The molecule has 1 atom stereocenters. The van der Waals surface area contributed by atoms with Gasteiger partial charge in [-0.25, -0.2) is 0 Å². The minimum absolute atomic E-state index is 0.459. The van der Waals surface area contributed by atoms with Gasteiger partial charge >= 0.3 is 0 Å². The average Bonchev–Trinajstić information content (AvgIpc) is 2.88. The van der Waals surface area contributed by atoms with Gasteiger partial charge in [0.2, 0.25) is 5.89 Å². The van der Waals surface area contributed by atoms with E-state index in [1.54, 1.807) is 6.07 Å². The number of nitrogens with zero attached hydrogens (tertiary/aromatic N) is 2. The monoisotopic (exact) mass is 313 g/mol. The van der Waals surface area contributed by atoms with E-state index in [1.165, 1.54) is 0 Å². The molecule has 2 rings (SSSR count). The lowest BCUT2D eigenvalue weighted by atomic mass is 10.1. The highest BCUT2D eigenvalue weighted by Crippen LogP contribution is 2.23. The standard InChI is InChI=1S/C14H17Cl2N3O/c1-9(8-17)2-5-14-18-13(19-20-14)7-10-3-4-11(15)12(16)6-10/h3-4,6,9H,2,5,7-8,17H2,1H3. The summed E-state index contributed by atoms with van der Waals surface area (Å²) in [6.45, 7) is 2.78. The second-order valence-corrected chi connectivity index (χ2v) is 5.72. The lowest BCUT2D eigenvalue weighted by molar-refractivity contribution is 0.362. The van der Waals surface area contributed by atoms with Crippen molar-refractivity contribution in [3.8, 4) is 0 Å². The number of hydrogen-bond donors (Lipinski definition) is 1. The van der Waals surface area contributed by atoms with Crippen LogP contribution >= 0.6 is 23.2 Å². The van der Waals surface area contributed by atoms with E-state index in [9.17, 15) is 0 Å². The van der Waals surface area contributed by atoms with E-state index in [0.29, 0.717) is 40.6 Å². The van der Waals surface area contributed by atoms with Crippen molar-refractivity contribution in [1.29, 1.82) is 0 Å². The minimum atomic E-state index is 0.459. The fourth-order valence-electron chi connectivity index (χ4n) is 1.78. The van der Waals surface area contributed by atoms with E-state index < -0.39 is 0 Å². The number of halogens is 2. The van der Waals surface area contributed by atoms with Gasteiger partial charge in [0.25, 0.3) is 0 Å². The lowest BCUT2D eigenvalue weighted by Gasteiger charge is -2.04. The molecule has 1 unspecified atom stereocenters. The highest BCUT2D eigenvalue weighted by Gasteiger charge is 2.09. The van der Waals surface area contributed by atoms with Gasteiger partial charge in [-0.15, -0.1) is 0 Å². The van der Waals surface area contributed by atoms with Gasteiger partial charge in [0.15, 0.2) is 5.82 Å². The molecule has 0 bridgehead atoms. The van der Waals surface area contributed by atoms with E-state index in [0.717, 1.165) is 18.4 Å². The number of nitrogens with two attached hydrogens (primary N) is 1. The Morgan fingerprint density at radius 1 is 1.30 bits per heavy atom. The van der Waals surface area contributed by atoms with Gasteiger partial charge < -0.3 is 10.3 Å². The molecule has 0 fully saturated rings. The van der Waals surface area contributed by atoms with Crippen molar-refractivity contribution in [3.05, 3.63) is 45.5 Å². The maximum atomic E-state index is 5.98. The van der Waals surface area contributed by atoms with Crippen LogP contribution in [-0.4, -0.2) is 16.7 Å². The fourth-order valence-corrected chi connectivity index (χ4v) is 2.10. The SMILES string of the molecule is CC(CN)CCc1nc(Cc2ccc(Cl)c(Cl)c2)no1. The molecule has 4 nitrogen and oxygen atoms in total. The molecule has 20 heavy (non-hydrogen) atoms. The van der Waals surface area contributed by atoms with Crippen molar-refractivity contribution in [3.63, 3.8) is 0 Å². The first-order chi connectivity index (χ1) is 9.58. The zero-order valence-electron chi connectivity index (χ0n) is 11.3. The third kappa shape index (κ3) is 4.20. The van der Waals surface area contributed by atoms with E-state index in [-0.39, 0.29) is 0 Å². The van der Waals surface area contributed by atoms with Gasteiger partial charge in [-0.05, 0) is 36.6 Å². The van der Waals surface area contributed by atoms with Crippen LogP contribution in [0.3, 0.4) is 0 Å². The highest BCUT2D eigenvalue weighted by molar-refractivity contribution is 6.42. The Kier molecular flexibility index (Phi) is 5.40. The molecule has 6 heteroatoms. The highest BCUT2D eigenvalue weighted by atomic mass is 35.5. The first-order valence-corrected chi connectivity index (χ1v) is 7.29. The van der Waals surface area contributed by atoms with Crippen molar-refractivity contribution < 1.29 is 4.52 Å². The van der Waals surface area contributed by atoms with Gasteiger partial charge in [-0.2, -0.15) is 4.98 Å². The topological polar surface area (TPSA) is 64.9 Å². The van der Waals surface area contributed by atoms with Crippen LogP contribution in [0.2, 0.25) is 10.0 Å². The van der Waals surface area contributed by atoms with Gasteiger partial charge in [0.1, 0.15) is 0 Å². The molecule has 1 aromatic carbocycles. The Morgan fingerprint density at radius 3 is 2.80 bits per heavy atom. The first kappa shape index (κ1) is 15.3. The quantitative estimate of drug-likeness (QED) is 0.886. The Bertz CT molecular complexity index is 571. The summed E-state index contributed by atoms with van der Waals surface area (Å²) < 4.78 is 5.22. The molecule has 108 valence electrons. The van der Waals surface area contributed by atoms with Crippen LogP contribution in [0.4, 0.5) is 0 Å². The lowest BCUT2D eigenvalue weighted by Crippen LogP contribution is -2.11. The largest absolute Gasteiger partial charge is 0.339 e. The average molecular weight is 314 g/mol. The zero-order valence-corrected chi connectivity index (χ0v) is 12.8. The molecular weight excluding hydrogens is 297 g/mol. The zero-order chi connectivity index (χ0) is 14.5. The molecule has 0 aliphatic heterocycles. The molecule has 0 aliphatic rings. The van der Waals surface area contributed by atoms with Crippen molar-refractivity contribution >= 4 is 23.2 Å². The second kappa shape index (κ2) is 7.07. The first-order valence-electron chi connectivity index (χ1n) is 6.54. The third-order valence-corrected chi connectivity index (χ3v) is 3.85. The molecule has 0 radical (unpaired) electrons. The van der Waals surface area contributed by atoms with Gasteiger partial charge in [-0.3, -0.25) is 0 Å². The molecule has 2 aromatic rings. The van der Waals surface area contributed by atoms with Gasteiger partial charge in [0.05, 0.1) is 10.0 Å². The molecule has 1 aromatic heterocycles. The summed E-state index contributed by atoms with van der Waals surface area (Å²) in [5, 5.41) is 5.05. The summed E-state index contributed by atoms with van der Waals surface area (Å²) in [5.41, 5.74) is 6.58. The normalized spacial score (nSPS) is 12.6. The summed E-state index contributed by atoms with van der Waals surface area (Å²) >= 11 is 11.9. The predicted octanol–water partition coefficient (Wildman–Crippen LogP) is 3.49. The van der Waals surface area contributed by atoms with E-state index in [1.807, 2.05) is 12.1 Å². The predicted molar refractivity (Wildman–Crippen MR) is 80.1 cm³/mol. The molecule has 2 N–H and O–H groups in total. The van der Waals surface area contributed by atoms with Crippen molar-refractivity contribution in [2.75, 3.05) is 6.54 Å². The number of aromatic nitrogens is 2. The van der Waals surface area contributed by atoms with Gasteiger partial charge in [-0.1, -0.05) is 41.3 Å². The molecular formula is C14H17Cl2N3O. The molecule has 0 saturated carbocycles. The van der Waals surface area contributed by atoms with Crippen LogP contribution in [0.25, 0.3) is 0 Å². The van der Waals surface area contributed by atoms with Gasteiger partial charge in [0, 0.05) is 12.8 Å². The third-order valence-electron chi connectivity index (χ3n) is 3.11. The summed E-state index contributed by atoms with van der Waals surface area (Å²) in [6, 6.07) is 5.49. The van der Waals surface area contributed by atoms with Crippen molar-refractivity contribution in [2.45, 2.75) is 26.2 Å². The maximum Gasteiger partial charge on any atom is 0.226 e. The van der Waals surface area contributed by atoms with Crippen LogP contribution in [0, 0.1) is 5.92 Å². The molecule has 1 heterocycles. The van der Waals surface area contributed by atoms with Crippen molar-refractivity contribution in [1.82, 2.24) is 10.1 Å². The minimum Gasteiger partial charge on any atom is -0.339 e. The summed E-state index contributed by atoms with van der Waals surface area (Å²) in [5.74, 6) is 1.76. The van der Waals surface area contributed by atoms with E-state index in [4.69, 9.17) is 33.5 Å². The Balaban J connectivity index is 1.96. The summed E-state index contributed by atoms with van der Waals surface area (Å²) in [7, 11) is 0. The van der Waals surface area contributed by atoms with E-state index >= 15 is 0 Å². The fraction of sp³-hybridized carbons (Fsp3) is 0.429. The van der Waals surface area contributed by atoms with Crippen LogP contribution in [0.1, 0.15) is 30.6 Å². The van der Waals surface area contributed by atoms with Crippen LogP contribution < -0.4 is 5.73 Å². The smallest absolute Gasteiger partial charge is 0.226 e. The summed E-state index contributed by atoms with van der Waals surface area (Å²) in [6.07, 6.45) is 2.28. The number of aryl methyl sites for hydroxylation is 1. The molecule has 0 spiro atoms. The molecule has 0 amide bonds. The van der Waals surface area contributed by atoms with Crippen LogP contribution in [0.15, 0.2) is 22.7 Å². The van der Waals surface area contributed by atoms with Crippen LogP contribution in [0.5, 0.6) is 0 Å².